The fourth-order valence-electron chi connectivity index (χ4n) is 1.54. The third kappa shape index (κ3) is 4.05. The molecule has 0 atom stereocenters. The van der Waals surface area contributed by atoms with Crippen molar-refractivity contribution in [2.24, 2.45) is 5.73 Å². The molecule has 0 radical (unpaired) electrons. The van der Waals surface area contributed by atoms with Gasteiger partial charge in [-0.05, 0) is 0 Å². The number of amides is 1. The Balaban J connectivity index is 2.33. The van der Waals surface area contributed by atoms with Gasteiger partial charge in [-0.15, -0.1) is 0 Å². The van der Waals surface area contributed by atoms with Gasteiger partial charge in [0.1, 0.15) is 0 Å². The monoisotopic (exact) mass is 225 g/mol. The molecule has 1 aliphatic rings. The molecule has 0 unspecified atom stereocenters. The zero-order valence-electron chi connectivity index (χ0n) is 8.26. The van der Waals surface area contributed by atoms with Crippen molar-refractivity contribution in [2.45, 2.75) is 6.18 Å². The highest BCUT2D eigenvalue weighted by molar-refractivity contribution is 5.78. The highest BCUT2D eigenvalue weighted by atomic mass is 19.4. The lowest BCUT2D eigenvalue weighted by Crippen LogP contribution is -2.52. The van der Waals surface area contributed by atoms with E-state index in [9.17, 15) is 18.0 Å². The number of alkyl halides is 3. The van der Waals surface area contributed by atoms with Crippen molar-refractivity contribution in [3.8, 4) is 0 Å². The molecule has 0 aromatic carbocycles. The van der Waals surface area contributed by atoms with Gasteiger partial charge in [0, 0.05) is 26.2 Å². The van der Waals surface area contributed by atoms with E-state index < -0.39 is 12.7 Å². The molecule has 15 heavy (non-hydrogen) atoms. The number of rotatable bonds is 2. The first-order chi connectivity index (χ1) is 6.92. The number of carbonyl (C=O) groups is 1. The molecule has 0 aromatic heterocycles. The average Bonchev–Trinajstić information content (AvgIpc) is 2.15. The van der Waals surface area contributed by atoms with Crippen LogP contribution in [0.15, 0.2) is 0 Å². The minimum absolute atomic E-state index is 0.0841. The predicted octanol–water partition coefficient (Wildman–Crippen LogP) is -0.348. The molecule has 4 nitrogen and oxygen atoms in total. The van der Waals surface area contributed by atoms with E-state index in [1.54, 1.807) is 0 Å². The Bertz CT molecular complexity index is 224. The van der Waals surface area contributed by atoms with Crippen LogP contribution in [0, 0.1) is 0 Å². The molecule has 1 aliphatic heterocycles. The maximum absolute atomic E-state index is 12.0. The Morgan fingerprint density at radius 3 is 2.13 bits per heavy atom. The summed E-state index contributed by atoms with van der Waals surface area (Å²) in [6, 6.07) is 0. The van der Waals surface area contributed by atoms with E-state index in [0.717, 1.165) is 0 Å². The quantitative estimate of drug-likeness (QED) is 0.699. The van der Waals surface area contributed by atoms with Gasteiger partial charge in [0.15, 0.2) is 0 Å². The number of nitrogens with zero attached hydrogens (tertiary/aromatic N) is 2. The molecule has 0 aliphatic carbocycles. The van der Waals surface area contributed by atoms with Gasteiger partial charge in [-0.25, -0.2) is 0 Å². The summed E-state index contributed by atoms with van der Waals surface area (Å²) in [5.41, 5.74) is 5.15. The van der Waals surface area contributed by atoms with E-state index in [-0.39, 0.29) is 25.5 Å². The van der Waals surface area contributed by atoms with Crippen molar-refractivity contribution < 1.29 is 18.0 Å². The summed E-state index contributed by atoms with van der Waals surface area (Å²) in [5.74, 6) is -0.207. The number of carbonyl (C=O) groups excluding carboxylic acids is 1. The van der Waals surface area contributed by atoms with Crippen LogP contribution in [0.5, 0.6) is 0 Å². The fraction of sp³-hybridized carbons (Fsp3) is 0.875. The van der Waals surface area contributed by atoms with Gasteiger partial charge in [-0.2, -0.15) is 13.2 Å². The number of hydrogen-bond donors (Lipinski definition) is 1. The molecule has 0 spiro atoms. The maximum atomic E-state index is 12.0. The molecule has 1 saturated heterocycles. The Morgan fingerprint density at radius 2 is 1.73 bits per heavy atom. The van der Waals surface area contributed by atoms with Gasteiger partial charge in [0.2, 0.25) is 5.91 Å². The summed E-state index contributed by atoms with van der Waals surface area (Å²) < 4.78 is 36.1. The molecular formula is C8H14F3N3O. The topological polar surface area (TPSA) is 49.6 Å². The first-order valence-corrected chi connectivity index (χ1v) is 4.69. The van der Waals surface area contributed by atoms with Crippen LogP contribution in [0.3, 0.4) is 0 Å². The standard InChI is InChI=1S/C8H14F3N3O/c9-8(10,11)6-13-1-3-14(4-2-13)7(15)5-12/h1-6,12H2. The molecule has 2 N–H and O–H groups in total. The summed E-state index contributed by atoms with van der Waals surface area (Å²) in [7, 11) is 0. The van der Waals surface area contributed by atoms with Crippen LogP contribution < -0.4 is 5.73 Å². The molecule has 1 fully saturated rings. The Hall–Kier alpha value is -0.820. The molecule has 1 amide bonds. The largest absolute Gasteiger partial charge is 0.401 e. The first kappa shape index (κ1) is 12.3. The average molecular weight is 225 g/mol. The van der Waals surface area contributed by atoms with Crippen LogP contribution in [0.2, 0.25) is 0 Å². The molecule has 0 aromatic rings. The lowest BCUT2D eigenvalue weighted by molar-refractivity contribution is -0.151. The zero-order chi connectivity index (χ0) is 11.5. The second-order valence-electron chi connectivity index (χ2n) is 3.48. The van der Waals surface area contributed by atoms with Crippen molar-refractivity contribution >= 4 is 5.91 Å². The zero-order valence-corrected chi connectivity index (χ0v) is 8.26. The van der Waals surface area contributed by atoms with Crippen LogP contribution in [0.25, 0.3) is 0 Å². The summed E-state index contributed by atoms with van der Waals surface area (Å²) >= 11 is 0. The van der Waals surface area contributed by atoms with Gasteiger partial charge in [0.05, 0.1) is 13.1 Å². The molecular weight excluding hydrogens is 211 g/mol. The van der Waals surface area contributed by atoms with E-state index in [1.165, 1.54) is 9.80 Å². The fourth-order valence-corrected chi connectivity index (χ4v) is 1.54. The van der Waals surface area contributed by atoms with Crippen LogP contribution in [0.4, 0.5) is 13.2 Å². The molecule has 88 valence electrons. The van der Waals surface area contributed by atoms with Gasteiger partial charge in [0.25, 0.3) is 0 Å². The van der Waals surface area contributed by atoms with E-state index >= 15 is 0 Å². The van der Waals surface area contributed by atoms with Crippen LogP contribution in [-0.4, -0.2) is 61.2 Å². The summed E-state index contributed by atoms with van der Waals surface area (Å²) in [6.45, 7) is 0.172. The molecule has 0 bridgehead atoms. The summed E-state index contributed by atoms with van der Waals surface area (Å²) in [4.78, 5) is 13.9. The number of hydrogen-bond acceptors (Lipinski definition) is 3. The van der Waals surface area contributed by atoms with Crippen molar-refractivity contribution in [2.75, 3.05) is 39.3 Å². The van der Waals surface area contributed by atoms with Crippen molar-refractivity contribution in [3.05, 3.63) is 0 Å². The van der Waals surface area contributed by atoms with E-state index in [1.807, 2.05) is 0 Å². The highest BCUT2D eigenvalue weighted by Crippen LogP contribution is 2.17. The van der Waals surface area contributed by atoms with Gasteiger partial charge in [-0.1, -0.05) is 0 Å². The minimum atomic E-state index is -4.17. The van der Waals surface area contributed by atoms with Crippen LogP contribution in [0.1, 0.15) is 0 Å². The lowest BCUT2D eigenvalue weighted by Gasteiger charge is -2.34. The highest BCUT2D eigenvalue weighted by Gasteiger charge is 2.32. The Morgan fingerprint density at radius 1 is 1.20 bits per heavy atom. The van der Waals surface area contributed by atoms with E-state index in [0.29, 0.717) is 13.1 Å². The van der Waals surface area contributed by atoms with Gasteiger partial charge >= 0.3 is 6.18 Å². The van der Waals surface area contributed by atoms with E-state index in [2.05, 4.69) is 0 Å². The molecule has 7 heteroatoms. The minimum Gasteiger partial charge on any atom is -0.339 e. The smallest absolute Gasteiger partial charge is 0.339 e. The number of nitrogens with two attached hydrogens (primary N) is 1. The van der Waals surface area contributed by atoms with Crippen molar-refractivity contribution in [1.82, 2.24) is 9.80 Å². The molecule has 0 saturated carbocycles. The SMILES string of the molecule is NCC(=O)N1CCN(CC(F)(F)F)CC1. The normalized spacial score (nSPS) is 19.3. The van der Waals surface area contributed by atoms with Gasteiger partial charge < -0.3 is 10.6 Å². The van der Waals surface area contributed by atoms with Crippen molar-refractivity contribution in [1.29, 1.82) is 0 Å². The second-order valence-corrected chi connectivity index (χ2v) is 3.48. The lowest BCUT2D eigenvalue weighted by atomic mass is 10.3. The third-order valence-corrected chi connectivity index (χ3v) is 2.30. The second kappa shape index (κ2) is 4.80. The first-order valence-electron chi connectivity index (χ1n) is 4.69. The summed E-state index contributed by atoms with van der Waals surface area (Å²) in [5, 5.41) is 0. The molecule has 1 heterocycles. The van der Waals surface area contributed by atoms with E-state index in [4.69, 9.17) is 5.73 Å². The van der Waals surface area contributed by atoms with Crippen LogP contribution in [-0.2, 0) is 4.79 Å². The van der Waals surface area contributed by atoms with Gasteiger partial charge in [-0.3, -0.25) is 9.69 Å². The summed E-state index contributed by atoms with van der Waals surface area (Å²) in [6.07, 6.45) is -4.17. The van der Waals surface area contributed by atoms with Crippen LogP contribution >= 0.6 is 0 Å². The number of piperazine rings is 1. The Kier molecular flexibility index (Phi) is 3.92. The number of halogens is 3. The predicted molar refractivity (Wildman–Crippen MR) is 48.1 cm³/mol. The Labute approximate surface area is 85.8 Å². The maximum Gasteiger partial charge on any atom is 0.401 e. The van der Waals surface area contributed by atoms with Crippen molar-refractivity contribution in [3.63, 3.8) is 0 Å². The third-order valence-electron chi connectivity index (χ3n) is 2.30. The molecule has 1 rings (SSSR count).